The van der Waals surface area contributed by atoms with E-state index in [1.54, 1.807) is 16.5 Å². The van der Waals surface area contributed by atoms with Gasteiger partial charge in [-0.25, -0.2) is 4.68 Å². The minimum absolute atomic E-state index is 0.0271. The van der Waals surface area contributed by atoms with Gasteiger partial charge in [-0.15, -0.1) is 0 Å². The first-order chi connectivity index (χ1) is 14.1. The Morgan fingerprint density at radius 1 is 1.03 bits per heavy atom. The summed E-state index contributed by atoms with van der Waals surface area (Å²) in [4.78, 5) is 29.5. The summed E-state index contributed by atoms with van der Waals surface area (Å²) < 4.78 is 6.92. The molecule has 1 aromatic carbocycles. The molecule has 2 aliphatic rings. The van der Waals surface area contributed by atoms with Crippen LogP contribution < -0.4 is 0 Å². The van der Waals surface area contributed by atoms with E-state index in [0.29, 0.717) is 68.6 Å². The number of ether oxygens (including phenoxy) is 1. The number of likely N-dealkylation sites (tertiary alicyclic amines) is 1. The highest BCUT2D eigenvalue weighted by molar-refractivity contribution is 6.33. The first kappa shape index (κ1) is 19.9. The summed E-state index contributed by atoms with van der Waals surface area (Å²) in [6.45, 7) is 5.42. The smallest absolute Gasteiger partial charge is 0.258 e. The van der Waals surface area contributed by atoms with E-state index < -0.39 is 0 Å². The Kier molecular flexibility index (Phi) is 5.87. The van der Waals surface area contributed by atoms with Crippen molar-refractivity contribution in [3.05, 3.63) is 46.7 Å². The van der Waals surface area contributed by atoms with Crippen molar-refractivity contribution in [2.45, 2.75) is 19.8 Å². The van der Waals surface area contributed by atoms with Crippen LogP contribution in [0.4, 0.5) is 0 Å². The van der Waals surface area contributed by atoms with Crippen LogP contribution in [0.3, 0.4) is 0 Å². The van der Waals surface area contributed by atoms with Crippen LogP contribution in [0.2, 0.25) is 5.15 Å². The van der Waals surface area contributed by atoms with E-state index in [-0.39, 0.29) is 17.7 Å². The highest BCUT2D eigenvalue weighted by Crippen LogP contribution is 2.27. The number of piperidine rings is 1. The van der Waals surface area contributed by atoms with Gasteiger partial charge >= 0.3 is 0 Å². The number of morpholine rings is 1. The third-order valence-electron chi connectivity index (χ3n) is 5.67. The molecule has 1 aromatic heterocycles. The third kappa shape index (κ3) is 4.02. The predicted octanol–water partition coefficient (Wildman–Crippen LogP) is 2.55. The van der Waals surface area contributed by atoms with Crippen LogP contribution >= 0.6 is 11.6 Å². The monoisotopic (exact) mass is 416 g/mol. The van der Waals surface area contributed by atoms with Crippen LogP contribution in [0.25, 0.3) is 5.69 Å². The van der Waals surface area contributed by atoms with Crippen molar-refractivity contribution >= 4 is 23.4 Å². The van der Waals surface area contributed by atoms with Gasteiger partial charge in [0.25, 0.3) is 5.91 Å². The van der Waals surface area contributed by atoms with E-state index >= 15 is 0 Å². The number of aryl methyl sites for hydroxylation is 1. The van der Waals surface area contributed by atoms with Crippen LogP contribution in [0.15, 0.2) is 30.3 Å². The second-order valence-electron chi connectivity index (χ2n) is 7.50. The molecular formula is C21H25ClN4O3. The highest BCUT2D eigenvalue weighted by atomic mass is 35.5. The molecule has 0 atom stereocenters. The Hall–Kier alpha value is -2.38. The van der Waals surface area contributed by atoms with E-state index in [4.69, 9.17) is 16.3 Å². The number of rotatable bonds is 3. The molecule has 2 aromatic rings. The summed E-state index contributed by atoms with van der Waals surface area (Å²) in [7, 11) is 0. The molecule has 7 nitrogen and oxygen atoms in total. The standard InChI is InChI=1S/C21H25ClN4O3/c1-15-18(19(22)26(23-15)17-5-3-2-4-6-17)21(28)24-9-7-16(8-10-24)20(27)25-11-13-29-14-12-25/h2-6,16H,7-14H2,1H3. The zero-order chi connectivity index (χ0) is 20.4. The molecule has 3 heterocycles. The van der Waals surface area contributed by atoms with Crippen molar-refractivity contribution in [1.82, 2.24) is 19.6 Å². The number of amides is 2. The normalized spacial score (nSPS) is 18.1. The SMILES string of the molecule is Cc1nn(-c2ccccc2)c(Cl)c1C(=O)N1CCC(C(=O)N2CCOCC2)CC1. The van der Waals surface area contributed by atoms with Crippen molar-refractivity contribution in [2.75, 3.05) is 39.4 Å². The Morgan fingerprint density at radius 3 is 2.34 bits per heavy atom. The third-order valence-corrected chi connectivity index (χ3v) is 6.02. The lowest BCUT2D eigenvalue weighted by Crippen LogP contribution is -2.47. The quantitative estimate of drug-likeness (QED) is 0.771. The van der Waals surface area contributed by atoms with Crippen LogP contribution in [0, 0.1) is 12.8 Å². The van der Waals surface area contributed by atoms with Crippen molar-refractivity contribution in [3.8, 4) is 5.69 Å². The molecule has 2 saturated heterocycles. The topological polar surface area (TPSA) is 67.7 Å². The number of nitrogens with zero attached hydrogens (tertiary/aromatic N) is 4. The largest absolute Gasteiger partial charge is 0.378 e. The lowest BCUT2D eigenvalue weighted by atomic mass is 9.94. The number of carbonyl (C=O) groups is 2. The molecule has 2 fully saturated rings. The first-order valence-corrected chi connectivity index (χ1v) is 10.4. The number of hydrogen-bond acceptors (Lipinski definition) is 4. The molecule has 2 aliphatic heterocycles. The zero-order valence-corrected chi connectivity index (χ0v) is 17.3. The molecule has 8 heteroatoms. The van der Waals surface area contributed by atoms with Gasteiger partial charge in [-0.05, 0) is 31.9 Å². The summed E-state index contributed by atoms with van der Waals surface area (Å²) in [5.74, 6) is 0.0409. The minimum atomic E-state index is -0.119. The molecule has 0 N–H and O–H groups in total. The summed E-state index contributed by atoms with van der Waals surface area (Å²) in [6, 6.07) is 9.52. The second kappa shape index (κ2) is 8.55. The predicted molar refractivity (Wildman–Crippen MR) is 109 cm³/mol. The van der Waals surface area contributed by atoms with Crippen LogP contribution in [-0.4, -0.2) is 70.8 Å². The fourth-order valence-corrected chi connectivity index (χ4v) is 4.36. The minimum Gasteiger partial charge on any atom is -0.378 e. The second-order valence-corrected chi connectivity index (χ2v) is 7.86. The molecule has 2 amide bonds. The number of halogens is 1. The average Bonchev–Trinajstić information content (AvgIpc) is 3.08. The Bertz CT molecular complexity index is 885. The van der Waals surface area contributed by atoms with Gasteiger partial charge in [0.2, 0.25) is 5.91 Å². The van der Waals surface area contributed by atoms with E-state index in [2.05, 4.69) is 5.10 Å². The van der Waals surface area contributed by atoms with Gasteiger partial charge in [-0.2, -0.15) is 5.10 Å². The number of aromatic nitrogens is 2. The molecule has 154 valence electrons. The molecule has 29 heavy (non-hydrogen) atoms. The summed E-state index contributed by atoms with van der Waals surface area (Å²) >= 11 is 6.54. The van der Waals surface area contributed by atoms with Gasteiger partial charge in [0, 0.05) is 32.1 Å². The van der Waals surface area contributed by atoms with E-state index in [0.717, 1.165) is 5.69 Å². The first-order valence-electron chi connectivity index (χ1n) is 10.0. The summed E-state index contributed by atoms with van der Waals surface area (Å²) in [6.07, 6.45) is 1.34. The average molecular weight is 417 g/mol. The number of benzene rings is 1. The van der Waals surface area contributed by atoms with Crippen molar-refractivity contribution in [2.24, 2.45) is 5.92 Å². The lowest BCUT2D eigenvalue weighted by Gasteiger charge is -2.35. The molecule has 0 unspecified atom stereocenters. The Labute approximate surface area is 175 Å². The van der Waals surface area contributed by atoms with E-state index in [1.165, 1.54) is 0 Å². The number of carbonyl (C=O) groups excluding carboxylic acids is 2. The number of hydrogen-bond donors (Lipinski definition) is 0. The van der Waals surface area contributed by atoms with Crippen LogP contribution in [-0.2, 0) is 9.53 Å². The maximum atomic E-state index is 13.1. The lowest BCUT2D eigenvalue weighted by molar-refractivity contribution is -0.141. The molecule has 0 bridgehead atoms. The summed E-state index contributed by atoms with van der Waals surface area (Å²) in [5, 5.41) is 4.79. The van der Waals surface area contributed by atoms with Crippen molar-refractivity contribution in [3.63, 3.8) is 0 Å². The molecule has 4 rings (SSSR count). The molecule has 0 spiro atoms. The van der Waals surface area contributed by atoms with Crippen LogP contribution in [0.5, 0.6) is 0 Å². The van der Waals surface area contributed by atoms with Gasteiger partial charge < -0.3 is 14.5 Å². The Balaban J connectivity index is 1.44. The molecular weight excluding hydrogens is 392 g/mol. The van der Waals surface area contributed by atoms with Gasteiger partial charge in [-0.1, -0.05) is 29.8 Å². The van der Waals surface area contributed by atoms with Crippen molar-refractivity contribution in [1.29, 1.82) is 0 Å². The zero-order valence-electron chi connectivity index (χ0n) is 16.5. The van der Waals surface area contributed by atoms with E-state index in [1.807, 2.05) is 35.2 Å². The molecule has 0 radical (unpaired) electrons. The molecule has 0 saturated carbocycles. The fraction of sp³-hybridized carbons (Fsp3) is 0.476. The van der Waals surface area contributed by atoms with Crippen molar-refractivity contribution < 1.29 is 14.3 Å². The number of para-hydroxylation sites is 1. The van der Waals surface area contributed by atoms with Gasteiger partial charge in [-0.3, -0.25) is 9.59 Å². The van der Waals surface area contributed by atoms with Gasteiger partial charge in [0.05, 0.1) is 30.2 Å². The van der Waals surface area contributed by atoms with Gasteiger partial charge in [0.15, 0.2) is 0 Å². The summed E-state index contributed by atoms with van der Waals surface area (Å²) in [5.41, 5.74) is 1.86. The maximum absolute atomic E-state index is 13.1. The van der Waals surface area contributed by atoms with E-state index in [9.17, 15) is 9.59 Å². The Morgan fingerprint density at radius 2 is 1.69 bits per heavy atom. The maximum Gasteiger partial charge on any atom is 0.258 e. The highest BCUT2D eigenvalue weighted by Gasteiger charge is 2.33. The molecule has 0 aliphatic carbocycles. The van der Waals surface area contributed by atoms with Gasteiger partial charge in [0.1, 0.15) is 5.15 Å². The fourth-order valence-electron chi connectivity index (χ4n) is 4.01. The van der Waals surface area contributed by atoms with Crippen LogP contribution in [0.1, 0.15) is 28.9 Å².